The van der Waals surface area contributed by atoms with Crippen molar-refractivity contribution in [2.24, 2.45) is 0 Å². The van der Waals surface area contributed by atoms with E-state index in [1.807, 2.05) is 6.92 Å². The number of carbonyl (C=O) groups is 1. The first-order chi connectivity index (χ1) is 8.08. The molecule has 4 nitrogen and oxygen atoms in total. The van der Waals surface area contributed by atoms with E-state index in [9.17, 15) is 4.79 Å². The number of amides is 1. The molecule has 1 saturated carbocycles. The molecule has 0 spiro atoms. The van der Waals surface area contributed by atoms with Gasteiger partial charge in [0.25, 0.3) is 5.91 Å². The van der Waals surface area contributed by atoms with Gasteiger partial charge in [-0.15, -0.1) is 0 Å². The monoisotopic (exact) mass is 254 g/mol. The van der Waals surface area contributed by atoms with Gasteiger partial charge >= 0.3 is 0 Å². The van der Waals surface area contributed by atoms with E-state index in [-0.39, 0.29) is 18.1 Å². The number of hydrogen-bond acceptors (Lipinski definition) is 3. The smallest absolute Gasteiger partial charge is 0.251 e. The van der Waals surface area contributed by atoms with Crippen LogP contribution in [0.3, 0.4) is 0 Å². The normalized spacial score (nSPS) is 23.0. The highest BCUT2D eigenvalue weighted by Gasteiger charge is 2.28. The number of halogens is 1. The van der Waals surface area contributed by atoms with E-state index in [0.717, 1.165) is 12.1 Å². The Morgan fingerprint density at radius 2 is 2.29 bits per heavy atom. The van der Waals surface area contributed by atoms with E-state index in [4.69, 9.17) is 16.7 Å². The minimum atomic E-state index is -0.271. The second kappa shape index (κ2) is 5.02. The summed E-state index contributed by atoms with van der Waals surface area (Å²) in [6, 6.07) is 3.39. The molecule has 5 heteroatoms. The summed E-state index contributed by atoms with van der Waals surface area (Å²) < 4.78 is 0. The number of pyridine rings is 1. The van der Waals surface area contributed by atoms with Gasteiger partial charge in [0.15, 0.2) is 0 Å². The van der Waals surface area contributed by atoms with E-state index < -0.39 is 0 Å². The number of aromatic nitrogens is 1. The topological polar surface area (TPSA) is 62.2 Å². The van der Waals surface area contributed by atoms with Crippen molar-refractivity contribution in [3.05, 3.63) is 28.5 Å². The Kier molecular flexibility index (Phi) is 3.64. The third kappa shape index (κ3) is 2.96. The van der Waals surface area contributed by atoms with Crippen LogP contribution in [0.25, 0.3) is 0 Å². The Bertz CT molecular complexity index is 431. The first kappa shape index (κ1) is 12.3. The van der Waals surface area contributed by atoms with E-state index in [1.165, 1.54) is 0 Å². The second-order valence-corrected chi connectivity index (χ2v) is 4.71. The molecule has 0 radical (unpaired) electrons. The van der Waals surface area contributed by atoms with Crippen LogP contribution in [0.2, 0.25) is 5.15 Å². The fourth-order valence-electron chi connectivity index (χ4n) is 1.84. The molecule has 0 unspecified atom stereocenters. The first-order valence-electron chi connectivity index (χ1n) is 5.74. The summed E-state index contributed by atoms with van der Waals surface area (Å²) in [5.74, 6) is -0.152. The molecule has 2 rings (SSSR count). The summed E-state index contributed by atoms with van der Waals surface area (Å²) >= 11 is 5.85. The molecular formula is C12H15ClN2O2. The predicted molar refractivity (Wildman–Crippen MR) is 65.1 cm³/mol. The summed E-state index contributed by atoms with van der Waals surface area (Å²) in [5, 5.41) is 12.3. The molecule has 17 heavy (non-hydrogen) atoms. The zero-order valence-electron chi connectivity index (χ0n) is 9.61. The van der Waals surface area contributed by atoms with Gasteiger partial charge in [0.2, 0.25) is 0 Å². The van der Waals surface area contributed by atoms with Crippen LogP contribution in [0, 0.1) is 0 Å². The molecule has 0 bridgehead atoms. The average molecular weight is 255 g/mol. The zero-order valence-corrected chi connectivity index (χ0v) is 10.4. The lowest BCUT2D eigenvalue weighted by Gasteiger charge is -2.31. The summed E-state index contributed by atoms with van der Waals surface area (Å²) in [6.07, 6.45) is 1.73. The molecule has 1 fully saturated rings. The lowest BCUT2D eigenvalue weighted by Crippen LogP contribution is -2.46. The van der Waals surface area contributed by atoms with Crippen LogP contribution < -0.4 is 5.32 Å². The van der Waals surface area contributed by atoms with Crippen molar-refractivity contribution in [2.45, 2.75) is 38.3 Å². The quantitative estimate of drug-likeness (QED) is 0.805. The SMILES string of the molecule is CCc1cc(C(=O)NC2CC(O)C2)cc(Cl)n1. The molecular weight excluding hydrogens is 240 g/mol. The highest BCUT2D eigenvalue weighted by Crippen LogP contribution is 2.20. The highest BCUT2D eigenvalue weighted by atomic mass is 35.5. The van der Waals surface area contributed by atoms with Gasteiger partial charge in [-0.3, -0.25) is 4.79 Å². The van der Waals surface area contributed by atoms with Gasteiger partial charge in [-0.25, -0.2) is 4.98 Å². The first-order valence-corrected chi connectivity index (χ1v) is 6.11. The van der Waals surface area contributed by atoms with E-state index >= 15 is 0 Å². The van der Waals surface area contributed by atoms with E-state index in [1.54, 1.807) is 12.1 Å². The van der Waals surface area contributed by atoms with Gasteiger partial charge in [-0.1, -0.05) is 18.5 Å². The molecule has 1 heterocycles. The lowest BCUT2D eigenvalue weighted by molar-refractivity contribution is 0.0562. The number of aryl methyl sites for hydroxylation is 1. The van der Waals surface area contributed by atoms with Gasteiger partial charge < -0.3 is 10.4 Å². The van der Waals surface area contributed by atoms with Gasteiger partial charge in [-0.2, -0.15) is 0 Å². The van der Waals surface area contributed by atoms with E-state index in [0.29, 0.717) is 23.6 Å². The van der Waals surface area contributed by atoms with Crippen LogP contribution in [0.4, 0.5) is 0 Å². The average Bonchev–Trinajstić information content (AvgIpc) is 2.26. The maximum atomic E-state index is 11.9. The Morgan fingerprint density at radius 3 is 2.88 bits per heavy atom. The number of aliphatic hydroxyl groups excluding tert-OH is 1. The third-order valence-corrected chi connectivity index (χ3v) is 3.11. The maximum Gasteiger partial charge on any atom is 0.251 e. The van der Waals surface area contributed by atoms with Crippen LogP contribution in [0.5, 0.6) is 0 Å². The number of hydrogen-bond donors (Lipinski definition) is 2. The molecule has 92 valence electrons. The van der Waals surface area contributed by atoms with Gasteiger partial charge in [-0.05, 0) is 31.4 Å². The largest absolute Gasteiger partial charge is 0.393 e. The molecule has 2 N–H and O–H groups in total. The Labute approximate surface area is 105 Å². The highest BCUT2D eigenvalue weighted by molar-refractivity contribution is 6.29. The number of aliphatic hydroxyl groups is 1. The van der Waals surface area contributed by atoms with Crippen molar-refractivity contribution in [3.63, 3.8) is 0 Å². The number of rotatable bonds is 3. The molecule has 0 atom stereocenters. The molecule has 0 aromatic carbocycles. The predicted octanol–water partition coefficient (Wildman–Crippen LogP) is 1.55. The van der Waals surface area contributed by atoms with Crippen molar-refractivity contribution in [3.8, 4) is 0 Å². The summed E-state index contributed by atoms with van der Waals surface area (Å²) in [6.45, 7) is 1.96. The van der Waals surface area contributed by atoms with Gasteiger partial charge in [0.1, 0.15) is 5.15 Å². The number of nitrogens with zero attached hydrogens (tertiary/aromatic N) is 1. The Hall–Kier alpha value is -1.13. The number of carbonyl (C=O) groups excluding carboxylic acids is 1. The molecule has 0 aliphatic heterocycles. The van der Waals surface area contributed by atoms with Gasteiger partial charge in [0.05, 0.1) is 6.10 Å². The van der Waals surface area contributed by atoms with Crippen molar-refractivity contribution < 1.29 is 9.90 Å². The minimum absolute atomic E-state index is 0.0783. The fourth-order valence-corrected chi connectivity index (χ4v) is 2.06. The third-order valence-electron chi connectivity index (χ3n) is 2.92. The van der Waals surface area contributed by atoms with Crippen LogP contribution in [-0.4, -0.2) is 28.1 Å². The Morgan fingerprint density at radius 1 is 1.59 bits per heavy atom. The van der Waals surface area contributed by atoms with Crippen LogP contribution in [0.1, 0.15) is 35.8 Å². The fraction of sp³-hybridized carbons (Fsp3) is 0.500. The van der Waals surface area contributed by atoms with E-state index in [2.05, 4.69) is 10.3 Å². The van der Waals surface area contributed by atoms with Crippen LogP contribution in [-0.2, 0) is 6.42 Å². The van der Waals surface area contributed by atoms with Crippen LogP contribution >= 0.6 is 11.6 Å². The molecule has 1 aromatic heterocycles. The van der Waals surface area contributed by atoms with Gasteiger partial charge in [0, 0.05) is 17.3 Å². The Balaban J connectivity index is 2.05. The van der Waals surface area contributed by atoms with Crippen molar-refractivity contribution >= 4 is 17.5 Å². The lowest BCUT2D eigenvalue weighted by atomic mass is 9.89. The number of nitrogens with one attached hydrogen (secondary N) is 1. The summed E-state index contributed by atoms with van der Waals surface area (Å²) in [7, 11) is 0. The van der Waals surface area contributed by atoms with Crippen molar-refractivity contribution in [1.29, 1.82) is 0 Å². The molecule has 1 aromatic rings. The molecule has 0 saturated heterocycles. The summed E-state index contributed by atoms with van der Waals surface area (Å²) in [5.41, 5.74) is 1.33. The standard InChI is InChI=1S/C12H15ClN2O2/c1-2-8-3-7(4-11(13)14-8)12(17)15-9-5-10(16)6-9/h3-4,9-10,16H,2,5-6H2,1H3,(H,15,17). The maximum absolute atomic E-state index is 11.9. The van der Waals surface area contributed by atoms with Crippen LogP contribution in [0.15, 0.2) is 12.1 Å². The van der Waals surface area contributed by atoms with Crippen molar-refractivity contribution in [1.82, 2.24) is 10.3 Å². The van der Waals surface area contributed by atoms with Crippen molar-refractivity contribution in [2.75, 3.05) is 0 Å². The zero-order chi connectivity index (χ0) is 12.4. The minimum Gasteiger partial charge on any atom is -0.393 e. The summed E-state index contributed by atoms with van der Waals surface area (Å²) in [4.78, 5) is 16.0. The molecule has 1 aliphatic carbocycles. The molecule has 1 aliphatic rings. The molecule has 1 amide bonds. The second-order valence-electron chi connectivity index (χ2n) is 4.32.